The maximum atomic E-state index is 12.2. The van der Waals surface area contributed by atoms with Crippen LogP contribution in [0.25, 0.3) is 0 Å². The van der Waals surface area contributed by atoms with E-state index >= 15 is 0 Å². The molecule has 1 N–H and O–H groups in total. The third-order valence-electron chi connectivity index (χ3n) is 5.45. The molecule has 2 atom stereocenters. The highest BCUT2D eigenvalue weighted by atomic mass is 32.2. The van der Waals surface area contributed by atoms with Crippen LogP contribution in [0.3, 0.4) is 0 Å². The van der Waals surface area contributed by atoms with Crippen molar-refractivity contribution >= 4 is 10.2 Å². The summed E-state index contributed by atoms with van der Waals surface area (Å²) >= 11 is 0. The van der Waals surface area contributed by atoms with E-state index in [-0.39, 0.29) is 17.9 Å². The Hall–Kier alpha value is -1.94. The minimum atomic E-state index is -3.52. The fourth-order valence-corrected chi connectivity index (χ4v) is 4.79. The highest BCUT2D eigenvalue weighted by Crippen LogP contribution is 2.45. The van der Waals surface area contributed by atoms with Crippen LogP contribution in [-0.4, -0.2) is 32.9 Å². The molecule has 1 saturated carbocycles. The van der Waals surface area contributed by atoms with E-state index in [1.165, 1.54) is 24.0 Å². The first-order valence-corrected chi connectivity index (χ1v) is 10.4. The molecule has 0 radical (unpaired) electrons. The lowest BCUT2D eigenvalue weighted by Crippen LogP contribution is -2.47. The molecule has 0 aliphatic heterocycles. The largest absolute Gasteiger partial charge is 0.279 e. The zero-order chi connectivity index (χ0) is 18.8. The first-order chi connectivity index (χ1) is 12.4. The predicted molar refractivity (Wildman–Crippen MR) is 102 cm³/mol. The average molecular weight is 372 g/mol. The second-order valence-corrected chi connectivity index (χ2v) is 9.16. The molecule has 1 fully saturated rings. The summed E-state index contributed by atoms with van der Waals surface area (Å²) in [4.78, 5) is 0. The molecule has 0 heterocycles. The van der Waals surface area contributed by atoms with Crippen molar-refractivity contribution in [2.24, 2.45) is 11.3 Å². The normalized spacial score (nSPS) is 31.2. The van der Waals surface area contributed by atoms with E-state index in [4.69, 9.17) is 0 Å². The van der Waals surface area contributed by atoms with Crippen LogP contribution in [0.15, 0.2) is 54.6 Å². The van der Waals surface area contributed by atoms with Crippen LogP contribution in [0.5, 0.6) is 0 Å². The molecule has 138 valence electrons. The molecule has 1 aromatic rings. The van der Waals surface area contributed by atoms with E-state index in [0.29, 0.717) is 0 Å². The van der Waals surface area contributed by atoms with Gasteiger partial charge in [0.05, 0.1) is 11.5 Å². The summed E-state index contributed by atoms with van der Waals surface area (Å²) in [7, 11) is -0.494. The highest BCUT2D eigenvalue weighted by Gasteiger charge is 2.45. The van der Waals surface area contributed by atoms with Crippen molar-refractivity contribution in [1.82, 2.24) is 9.03 Å². The van der Waals surface area contributed by atoms with Crippen molar-refractivity contribution in [2.45, 2.75) is 31.2 Å². The Morgan fingerprint density at radius 1 is 1.15 bits per heavy atom. The number of nitrogens with zero attached hydrogens (tertiary/aromatic N) is 2. The van der Waals surface area contributed by atoms with E-state index in [0.717, 1.165) is 19.3 Å². The molecule has 2 aliphatic carbocycles. The maximum absolute atomic E-state index is 12.2. The summed E-state index contributed by atoms with van der Waals surface area (Å²) in [5.41, 5.74) is 0.421. The van der Waals surface area contributed by atoms with Crippen LogP contribution in [0.1, 0.15) is 30.7 Å². The highest BCUT2D eigenvalue weighted by molar-refractivity contribution is 7.87. The van der Waals surface area contributed by atoms with Gasteiger partial charge >= 0.3 is 0 Å². The Kier molecular flexibility index (Phi) is 5.33. The molecule has 0 saturated heterocycles. The third kappa shape index (κ3) is 3.61. The number of benzene rings is 1. The molecular weight excluding hydrogens is 346 g/mol. The molecular formula is C20H25N3O2S. The number of allylic oxidation sites excluding steroid dienone is 4. The predicted octanol–water partition coefficient (Wildman–Crippen LogP) is 2.97. The van der Waals surface area contributed by atoms with Crippen LogP contribution in [0.4, 0.5) is 0 Å². The van der Waals surface area contributed by atoms with Crippen molar-refractivity contribution in [3.05, 3.63) is 60.2 Å². The number of hydrogen-bond acceptors (Lipinski definition) is 3. The Balaban J connectivity index is 1.83. The summed E-state index contributed by atoms with van der Waals surface area (Å²) in [5.74, 6) is 0.0856. The van der Waals surface area contributed by atoms with Crippen molar-refractivity contribution in [2.75, 3.05) is 14.1 Å². The van der Waals surface area contributed by atoms with Gasteiger partial charge in [-0.1, -0.05) is 61.1 Å². The smallest absolute Gasteiger partial charge is 0.199 e. The first-order valence-electron chi connectivity index (χ1n) is 8.93. The topological polar surface area (TPSA) is 73.2 Å². The van der Waals surface area contributed by atoms with Gasteiger partial charge in [0.25, 0.3) is 10.2 Å². The Labute approximate surface area is 156 Å². The molecule has 26 heavy (non-hydrogen) atoms. The number of rotatable bonds is 5. The van der Waals surface area contributed by atoms with Gasteiger partial charge in [-0.15, -0.1) is 0 Å². The Bertz CT molecular complexity index is 824. The lowest BCUT2D eigenvalue weighted by molar-refractivity contribution is 0.322. The fraction of sp³-hybridized carbons (Fsp3) is 0.450. The van der Waals surface area contributed by atoms with Crippen LogP contribution in [0.2, 0.25) is 0 Å². The molecule has 2 unspecified atom stereocenters. The minimum absolute atomic E-state index is 0.0635. The van der Waals surface area contributed by atoms with Gasteiger partial charge < -0.3 is 0 Å². The molecule has 3 rings (SSSR count). The Morgan fingerprint density at radius 3 is 2.38 bits per heavy atom. The number of nitrogens with one attached hydrogen (secondary N) is 1. The SMILES string of the molecule is CN(C)S(=O)(=O)NC1CCCC1C1(C#N)C=CC(c2ccccc2)C=C1. The summed E-state index contributed by atoms with van der Waals surface area (Å²) in [6.45, 7) is 0. The maximum Gasteiger partial charge on any atom is 0.279 e. The van der Waals surface area contributed by atoms with Crippen LogP contribution in [0, 0.1) is 22.7 Å². The average Bonchev–Trinajstić information content (AvgIpc) is 3.10. The summed E-state index contributed by atoms with van der Waals surface area (Å²) in [6, 6.07) is 12.4. The van der Waals surface area contributed by atoms with Crippen molar-refractivity contribution in [3.63, 3.8) is 0 Å². The van der Waals surface area contributed by atoms with Crippen LogP contribution in [-0.2, 0) is 10.2 Å². The van der Waals surface area contributed by atoms with E-state index in [2.05, 4.69) is 35.1 Å². The molecule has 0 aromatic heterocycles. The van der Waals surface area contributed by atoms with Crippen LogP contribution < -0.4 is 4.72 Å². The van der Waals surface area contributed by atoms with Crippen molar-refractivity contribution < 1.29 is 8.42 Å². The molecule has 5 nitrogen and oxygen atoms in total. The van der Waals surface area contributed by atoms with Gasteiger partial charge in [-0.3, -0.25) is 0 Å². The molecule has 1 aromatic carbocycles. The summed E-state index contributed by atoms with van der Waals surface area (Å²) < 4.78 is 28.4. The van der Waals surface area contributed by atoms with Gasteiger partial charge in [-0.05, 0) is 18.4 Å². The summed E-state index contributed by atoms with van der Waals surface area (Å²) in [6.07, 6.45) is 10.6. The molecule has 2 aliphatic rings. The number of nitriles is 1. The summed E-state index contributed by atoms with van der Waals surface area (Å²) in [5, 5.41) is 9.94. The number of hydrogen-bond donors (Lipinski definition) is 1. The molecule has 0 spiro atoms. The van der Waals surface area contributed by atoms with Crippen molar-refractivity contribution in [3.8, 4) is 6.07 Å². The van der Waals surface area contributed by atoms with Crippen LogP contribution >= 0.6 is 0 Å². The van der Waals surface area contributed by atoms with Gasteiger partial charge in [-0.2, -0.15) is 22.7 Å². The lowest BCUT2D eigenvalue weighted by Gasteiger charge is -2.34. The molecule has 0 bridgehead atoms. The molecule has 6 heteroatoms. The second-order valence-electron chi connectivity index (χ2n) is 7.25. The zero-order valence-electron chi connectivity index (χ0n) is 15.2. The quantitative estimate of drug-likeness (QED) is 0.809. The first kappa shape index (κ1) is 18.8. The van der Waals surface area contributed by atoms with E-state index < -0.39 is 15.6 Å². The van der Waals surface area contributed by atoms with Gasteiger partial charge in [0.15, 0.2) is 0 Å². The zero-order valence-corrected chi connectivity index (χ0v) is 16.0. The second kappa shape index (κ2) is 7.36. The minimum Gasteiger partial charge on any atom is -0.199 e. The lowest BCUT2D eigenvalue weighted by atomic mass is 9.70. The van der Waals surface area contributed by atoms with Gasteiger partial charge in [-0.25, -0.2) is 0 Å². The van der Waals surface area contributed by atoms with Crippen molar-refractivity contribution in [1.29, 1.82) is 5.26 Å². The van der Waals surface area contributed by atoms with Gasteiger partial charge in [0.1, 0.15) is 0 Å². The van der Waals surface area contributed by atoms with Gasteiger partial charge in [0.2, 0.25) is 0 Å². The van der Waals surface area contributed by atoms with E-state index in [1.807, 2.05) is 30.4 Å². The fourth-order valence-electron chi connectivity index (χ4n) is 3.92. The molecule has 0 amide bonds. The third-order valence-corrected chi connectivity index (χ3v) is 7.01. The van der Waals surface area contributed by atoms with Gasteiger partial charge in [0, 0.05) is 32.0 Å². The monoisotopic (exact) mass is 371 g/mol. The Morgan fingerprint density at radius 2 is 1.81 bits per heavy atom. The van der Waals surface area contributed by atoms with E-state index in [9.17, 15) is 13.7 Å². The van der Waals surface area contributed by atoms with E-state index in [1.54, 1.807) is 0 Å². The standard InChI is InChI=1S/C20H25N3O2S/c1-23(2)26(24,25)22-19-10-6-9-18(19)20(15-21)13-11-17(12-14-20)16-7-4-3-5-8-16/h3-5,7-8,11-14,17-19,22H,6,9-10H2,1-2H3.